The Bertz CT molecular complexity index is 143. The summed E-state index contributed by atoms with van der Waals surface area (Å²) in [7, 11) is 7.31. The van der Waals surface area contributed by atoms with E-state index in [2.05, 4.69) is 49.7 Å². The molecule has 2 nitrogen and oxygen atoms in total. The summed E-state index contributed by atoms with van der Waals surface area (Å²) in [4.78, 5) is 3.43. The van der Waals surface area contributed by atoms with Gasteiger partial charge in [0.25, 0.3) is 0 Å². The minimum atomic E-state index is 0. The molecular formula is C6H12N2PdS4. The van der Waals surface area contributed by atoms with Crippen molar-refractivity contribution in [1.29, 1.82) is 0 Å². The summed E-state index contributed by atoms with van der Waals surface area (Å²) in [5.74, 6) is 0. The van der Waals surface area contributed by atoms with Gasteiger partial charge in [-0.3, -0.25) is 0 Å². The molecule has 0 radical (unpaired) electrons. The number of thiocarbonyl (C=S) groups is 2. The molecule has 0 N–H and O–H groups in total. The SMILES string of the molecule is CN(C)C(=S)[S-].CN(C)C(=S)[S-].[Pd+2]. The van der Waals surface area contributed by atoms with Crippen molar-refractivity contribution >= 4 is 58.3 Å². The smallest absolute Gasteiger partial charge is 0.411 e. The maximum atomic E-state index is 4.56. The van der Waals surface area contributed by atoms with Crippen molar-refractivity contribution in [3.63, 3.8) is 0 Å². The molecule has 80 valence electrons. The quantitative estimate of drug-likeness (QED) is 0.360. The van der Waals surface area contributed by atoms with E-state index in [1.807, 2.05) is 28.2 Å². The molecule has 0 aromatic carbocycles. The van der Waals surface area contributed by atoms with Crippen LogP contribution in [0.4, 0.5) is 0 Å². The summed E-state index contributed by atoms with van der Waals surface area (Å²) < 4.78 is 1.02. The number of hydrogen-bond donors (Lipinski definition) is 0. The summed E-state index contributed by atoms with van der Waals surface area (Å²) in [6.07, 6.45) is 0. The molecule has 0 aromatic heterocycles. The fourth-order valence-electron chi connectivity index (χ4n) is 0. The van der Waals surface area contributed by atoms with Crippen LogP contribution in [0, 0.1) is 0 Å². The van der Waals surface area contributed by atoms with Gasteiger partial charge in [-0.25, -0.2) is 0 Å². The van der Waals surface area contributed by atoms with Gasteiger partial charge in [0.05, 0.1) is 0 Å². The van der Waals surface area contributed by atoms with Crippen LogP contribution in [-0.4, -0.2) is 46.6 Å². The topological polar surface area (TPSA) is 6.48 Å². The molecule has 0 aliphatic heterocycles. The summed E-state index contributed by atoms with van der Waals surface area (Å²) in [5, 5.41) is 0. The van der Waals surface area contributed by atoms with Crippen molar-refractivity contribution in [3.05, 3.63) is 0 Å². The molecule has 0 amide bonds. The first kappa shape index (κ1) is 19.5. The Morgan fingerprint density at radius 3 is 0.923 bits per heavy atom. The molecule has 0 rings (SSSR count). The van der Waals surface area contributed by atoms with E-state index < -0.39 is 0 Å². The summed E-state index contributed by atoms with van der Waals surface area (Å²) in [6, 6.07) is 0. The third kappa shape index (κ3) is 19.3. The Morgan fingerprint density at radius 2 is 0.923 bits per heavy atom. The van der Waals surface area contributed by atoms with Crippen molar-refractivity contribution in [3.8, 4) is 0 Å². The van der Waals surface area contributed by atoms with Gasteiger partial charge in [0, 0.05) is 28.2 Å². The molecule has 0 aromatic rings. The third-order valence-corrected chi connectivity index (χ3v) is 2.19. The second kappa shape index (κ2) is 11.0. The second-order valence-electron chi connectivity index (χ2n) is 2.32. The Balaban J connectivity index is -0.000000143. The molecule has 0 bridgehead atoms. The molecule has 0 atom stereocenters. The van der Waals surface area contributed by atoms with Crippen LogP contribution in [-0.2, 0) is 45.7 Å². The maximum absolute atomic E-state index is 4.56. The van der Waals surface area contributed by atoms with Crippen LogP contribution in [0.3, 0.4) is 0 Å². The van der Waals surface area contributed by atoms with Gasteiger partial charge in [-0.2, -0.15) is 0 Å². The van der Waals surface area contributed by atoms with E-state index in [1.165, 1.54) is 0 Å². The molecule has 0 spiro atoms. The van der Waals surface area contributed by atoms with E-state index in [9.17, 15) is 0 Å². The van der Waals surface area contributed by atoms with Crippen LogP contribution in [0.5, 0.6) is 0 Å². The summed E-state index contributed by atoms with van der Waals surface area (Å²) >= 11 is 18.2. The molecular weight excluding hydrogens is 335 g/mol. The Labute approximate surface area is 116 Å². The molecule has 0 saturated carbocycles. The zero-order valence-electron chi connectivity index (χ0n) is 7.84. The van der Waals surface area contributed by atoms with Gasteiger partial charge in [-0.1, -0.05) is 8.64 Å². The molecule has 0 unspecified atom stereocenters. The van der Waals surface area contributed by atoms with Crippen LogP contribution in [0.15, 0.2) is 0 Å². The Morgan fingerprint density at radius 1 is 0.846 bits per heavy atom. The number of nitrogens with zero attached hydrogens (tertiary/aromatic N) is 2. The van der Waals surface area contributed by atoms with E-state index in [0.717, 1.165) is 0 Å². The Kier molecular flexibility index (Phi) is 16.4. The Hall–Kier alpha value is 0.882. The van der Waals surface area contributed by atoms with Gasteiger partial charge in [0.15, 0.2) is 0 Å². The molecule has 0 fully saturated rings. The molecule has 7 heteroatoms. The van der Waals surface area contributed by atoms with Crippen LogP contribution in [0.25, 0.3) is 0 Å². The van der Waals surface area contributed by atoms with Gasteiger partial charge in [-0.15, -0.1) is 0 Å². The van der Waals surface area contributed by atoms with Crippen molar-refractivity contribution < 1.29 is 20.4 Å². The fourth-order valence-corrected chi connectivity index (χ4v) is 0. The number of rotatable bonds is 0. The zero-order chi connectivity index (χ0) is 10.3. The minimum Gasteiger partial charge on any atom is -0.411 e. The first-order valence-electron chi connectivity index (χ1n) is 3.05. The molecule has 13 heavy (non-hydrogen) atoms. The van der Waals surface area contributed by atoms with E-state index in [1.54, 1.807) is 9.80 Å². The van der Waals surface area contributed by atoms with E-state index in [-0.39, 0.29) is 20.4 Å². The summed E-state index contributed by atoms with van der Waals surface area (Å²) in [5.41, 5.74) is 0. The molecule has 0 heterocycles. The van der Waals surface area contributed by atoms with Gasteiger partial charge >= 0.3 is 20.4 Å². The molecule has 0 saturated heterocycles. The van der Waals surface area contributed by atoms with E-state index in [4.69, 9.17) is 0 Å². The van der Waals surface area contributed by atoms with Crippen LogP contribution in [0.1, 0.15) is 0 Å². The van der Waals surface area contributed by atoms with Crippen LogP contribution >= 0.6 is 24.4 Å². The fraction of sp³-hybridized carbons (Fsp3) is 0.667. The van der Waals surface area contributed by atoms with Gasteiger partial charge in [0.2, 0.25) is 0 Å². The first-order valence-corrected chi connectivity index (χ1v) is 4.69. The average molecular weight is 347 g/mol. The van der Waals surface area contributed by atoms with Gasteiger partial charge in [0.1, 0.15) is 0 Å². The number of hydrogen-bond acceptors (Lipinski definition) is 4. The van der Waals surface area contributed by atoms with Gasteiger partial charge < -0.3 is 59.5 Å². The van der Waals surface area contributed by atoms with E-state index >= 15 is 0 Å². The van der Waals surface area contributed by atoms with Crippen molar-refractivity contribution in [2.24, 2.45) is 0 Å². The van der Waals surface area contributed by atoms with Crippen molar-refractivity contribution in [2.75, 3.05) is 28.2 Å². The third-order valence-electron chi connectivity index (χ3n) is 0.730. The molecule has 0 aliphatic rings. The van der Waals surface area contributed by atoms with E-state index in [0.29, 0.717) is 8.64 Å². The zero-order valence-corrected chi connectivity index (χ0v) is 12.7. The largest absolute Gasteiger partial charge is 2.00 e. The van der Waals surface area contributed by atoms with Crippen LogP contribution in [0.2, 0.25) is 0 Å². The minimum absolute atomic E-state index is 0. The predicted molar refractivity (Wildman–Crippen MR) is 67.3 cm³/mol. The van der Waals surface area contributed by atoms with Crippen molar-refractivity contribution in [2.45, 2.75) is 0 Å². The summed E-state index contributed by atoms with van der Waals surface area (Å²) in [6.45, 7) is 0. The normalized spacial score (nSPS) is 7.08. The van der Waals surface area contributed by atoms with Crippen molar-refractivity contribution in [1.82, 2.24) is 9.80 Å². The predicted octanol–water partition coefficient (Wildman–Crippen LogP) is 0.757. The maximum Gasteiger partial charge on any atom is 2.00 e. The standard InChI is InChI=1S/2C3H7NS2.Pd/c2*1-4(2)3(5)6;/h2*1-2H3,(H,5,6);/q;;+2/p-2. The van der Waals surface area contributed by atoms with Gasteiger partial charge in [-0.05, 0) is 0 Å². The first-order chi connectivity index (χ1) is 5.29. The molecule has 0 aliphatic carbocycles. The second-order valence-corrected chi connectivity index (χ2v) is 4.38. The average Bonchev–Trinajstić information content (AvgIpc) is 1.88. The monoisotopic (exact) mass is 346 g/mol. The van der Waals surface area contributed by atoms with Crippen LogP contribution < -0.4 is 0 Å².